The highest BCUT2D eigenvalue weighted by Crippen LogP contribution is 1.97. The largest absolute Gasteiger partial charge is 0.481 e. The van der Waals surface area contributed by atoms with Crippen LogP contribution in [-0.2, 0) is 4.79 Å². The molecule has 0 aliphatic heterocycles. The van der Waals surface area contributed by atoms with Crippen LogP contribution in [0.3, 0.4) is 0 Å². The SMILES string of the molecule is C[N+](C)(CC#N)CCC(=O)O. The number of hydrogen-bond acceptors (Lipinski definition) is 2. The number of rotatable bonds is 4. The molecule has 0 spiro atoms. The molecule has 0 saturated carbocycles. The molecule has 0 heterocycles. The third-order valence-corrected chi connectivity index (χ3v) is 1.43. The molecule has 0 rings (SSSR count). The molecular weight excluding hydrogens is 144 g/mol. The Bertz CT molecular complexity index is 181. The van der Waals surface area contributed by atoms with E-state index in [0.717, 1.165) is 0 Å². The van der Waals surface area contributed by atoms with Gasteiger partial charge >= 0.3 is 5.97 Å². The predicted molar refractivity (Wildman–Crippen MR) is 39.7 cm³/mol. The fourth-order valence-electron chi connectivity index (χ4n) is 0.669. The fourth-order valence-corrected chi connectivity index (χ4v) is 0.669. The first-order chi connectivity index (χ1) is 4.98. The number of carboxylic acids is 1. The monoisotopic (exact) mass is 157 g/mol. The van der Waals surface area contributed by atoms with Gasteiger partial charge in [-0.25, -0.2) is 0 Å². The third-order valence-electron chi connectivity index (χ3n) is 1.43. The van der Waals surface area contributed by atoms with Crippen LogP contribution in [0, 0.1) is 11.3 Å². The van der Waals surface area contributed by atoms with Crippen molar-refractivity contribution >= 4 is 5.97 Å². The molecule has 0 unspecified atom stereocenters. The lowest BCUT2D eigenvalue weighted by Gasteiger charge is -2.25. The Labute approximate surface area is 66.2 Å². The van der Waals surface area contributed by atoms with E-state index in [1.165, 1.54) is 0 Å². The van der Waals surface area contributed by atoms with E-state index in [4.69, 9.17) is 10.4 Å². The highest BCUT2D eigenvalue weighted by Gasteiger charge is 2.15. The number of nitrogens with zero attached hydrogens (tertiary/aromatic N) is 2. The van der Waals surface area contributed by atoms with Crippen LogP contribution in [-0.4, -0.2) is 42.7 Å². The maximum absolute atomic E-state index is 10.2. The molecule has 0 aliphatic carbocycles. The quantitative estimate of drug-likeness (QED) is 0.463. The summed E-state index contributed by atoms with van der Waals surface area (Å²) < 4.78 is 0.447. The van der Waals surface area contributed by atoms with Gasteiger partial charge in [0.15, 0.2) is 6.54 Å². The van der Waals surface area contributed by atoms with E-state index in [-0.39, 0.29) is 6.42 Å². The number of carboxylic acid groups (broad SMARTS) is 1. The third kappa shape index (κ3) is 5.37. The van der Waals surface area contributed by atoms with Gasteiger partial charge in [0.1, 0.15) is 6.07 Å². The number of nitriles is 1. The summed E-state index contributed by atoms with van der Waals surface area (Å²) in [6.07, 6.45) is 0.120. The van der Waals surface area contributed by atoms with Gasteiger partial charge in [0.25, 0.3) is 0 Å². The summed E-state index contributed by atoms with van der Waals surface area (Å²) in [4.78, 5) is 10.2. The van der Waals surface area contributed by atoms with Gasteiger partial charge in [-0.2, -0.15) is 5.26 Å². The molecule has 0 aromatic heterocycles. The van der Waals surface area contributed by atoms with Gasteiger partial charge in [-0.15, -0.1) is 0 Å². The van der Waals surface area contributed by atoms with Crippen LogP contribution < -0.4 is 0 Å². The van der Waals surface area contributed by atoms with E-state index in [1.807, 2.05) is 20.2 Å². The van der Waals surface area contributed by atoms with Gasteiger partial charge in [0, 0.05) is 0 Å². The normalized spacial score (nSPS) is 10.6. The molecule has 0 radical (unpaired) electrons. The Morgan fingerprint density at radius 2 is 2.18 bits per heavy atom. The minimum atomic E-state index is -0.811. The van der Waals surface area contributed by atoms with Crippen molar-refractivity contribution in [3.63, 3.8) is 0 Å². The molecule has 4 nitrogen and oxygen atoms in total. The Morgan fingerprint density at radius 3 is 2.55 bits per heavy atom. The summed E-state index contributed by atoms with van der Waals surface area (Å²) in [6, 6.07) is 2.01. The molecule has 0 atom stereocenters. The Balaban J connectivity index is 3.74. The zero-order valence-corrected chi connectivity index (χ0v) is 6.87. The standard InChI is InChI=1S/C7H12N2O2/c1-9(2,6-4-8)5-3-7(10)11/h3,5-6H2,1-2H3/p+1. The van der Waals surface area contributed by atoms with Gasteiger partial charge < -0.3 is 9.59 Å². The van der Waals surface area contributed by atoms with Crippen molar-refractivity contribution in [3.8, 4) is 6.07 Å². The smallest absolute Gasteiger partial charge is 0.309 e. The van der Waals surface area contributed by atoms with E-state index < -0.39 is 5.97 Å². The maximum Gasteiger partial charge on any atom is 0.309 e. The molecule has 0 fully saturated rings. The first-order valence-corrected chi connectivity index (χ1v) is 3.39. The van der Waals surface area contributed by atoms with E-state index in [1.54, 1.807) is 0 Å². The van der Waals surface area contributed by atoms with Gasteiger partial charge in [-0.1, -0.05) is 0 Å². The van der Waals surface area contributed by atoms with Crippen LogP contribution in [0.4, 0.5) is 0 Å². The van der Waals surface area contributed by atoms with Gasteiger partial charge in [0.2, 0.25) is 0 Å². The topological polar surface area (TPSA) is 61.1 Å². The summed E-state index contributed by atoms with van der Waals surface area (Å²) in [6.45, 7) is 0.857. The lowest BCUT2D eigenvalue weighted by atomic mass is 10.3. The molecule has 0 saturated heterocycles. The lowest BCUT2D eigenvalue weighted by molar-refractivity contribution is -0.882. The molecule has 0 bridgehead atoms. The molecule has 11 heavy (non-hydrogen) atoms. The molecule has 62 valence electrons. The van der Waals surface area contributed by atoms with Crippen molar-refractivity contribution in [1.29, 1.82) is 5.26 Å². The van der Waals surface area contributed by atoms with Crippen molar-refractivity contribution < 1.29 is 14.4 Å². The Morgan fingerprint density at radius 1 is 1.64 bits per heavy atom. The van der Waals surface area contributed by atoms with E-state index in [0.29, 0.717) is 17.6 Å². The van der Waals surface area contributed by atoms with Gasteiger partial charge in [-0.05, 0) is 0 Å². The first kappa shape index (κ1) is 9.92. The van der Waals surface area contributed by atoms with Crippen molar-refractivity contribution in [2.45, 2.75) is 6.42 Å². The molecular formula is C7H13N2O2+. The molecule has 4 heteroatoms. The number of carbonyl (C=O) groups is 1. The van der Waals surface area contributed by atoms with Crippen molar-refractivity contribution in [2.75, 3.05) is 27.2 Å². The number of hydrogen-bond donors (Lipinski definition) is 1. The summed E-state index contributed by atoms with van der Waals surface area (Å²) in [5, 5.41) is 16.7. The van der Waals surface area contributed by atoms with Gasteiger partial charge in [-0.3, -0.25) is 4.79 Å². The van der Waals surface area contributed by atoms with E-state index in [9.17, 15) is 4.79 Å². The highest BCUT2D eigenvalue weighted by atomic mass is 16.4. The molecule has 0 aromatic rings. The van der Waals surface area contributed by atoms with Crippen molar-refractivity contribution in [1.82, 2.24) is 0 Å². The van der Waals surface area contributed by atoms with Crippen LogP contribution in [0.15, 0.2) is 0 Å². The van der Waals surface area contributed by atoms with E-state index >= 15 is 0 Å². The summed E-state index contributed by atoms with van der Waals surface area (Å²) in [5.74, 6) is -0.811. The first-order valence-electron chi connectivity index (χ1n) is 3.39. The van der Waals surface area contributed by atoms with Crippen molar-refractivity contribution in [2.24, 2.45) is 0 Å². The highest BCUT2D eigenvalue weighted by molar-refractivity contribution is 5.66. The zero-order chi connectivity index (χ0) is 8.91. The summed E-state index contributed by atoms with van der Waals surface area (Å²) >= 11 is 0. The van der Waals surface area contributed by atoms with Crippen LogP contribution in [0.25, 0.3) is 0 Å². The summed E-state index contributed by atoms with van der Waals surface area (Å²) in [7, 11) is 3.68. The van der Waals surface area contributed by atoms with Crippen LogP contribution in [0.5, 0.6) is 0 Å². The molecule has 0 aromatic carbocycles. The lowest BCUT2D eigenvalue weighted by Crippen LogP contribution is -2.41. The van der Waals surface area contributed by atoms with Crippen molar-refractivity contribution in [3.05, 3.63) is 0 Å². The van der Waals surface area contributed by atoms with Crippen LogP contribution in [0.1, 0.15) is 6.42 Å². The second-order valence-corrected chi connectivity index (χ2v) is 3.12. The minimum absolute atomic E-state index is 0.120. The second-order valence-electron chi connectivity index (χ2n) is 3.12. The number of quaternary nitrogens is 1. The Hall–Kier alpha value is -1.08. The fraction of sp³-hybridized carbons (Fsp3) is 0.714. The molecule has 0 amide bonds. The Kier molecular flexibility index (Phi) is 3.55. The van der Waals surface area contributed by atoms with Gasteiger partial charge in [0.05, 0.1) is 27.1 Å². The van der Waals surface area contributed by atoms with Crippen LogP contribution >= 0.6 is 0 Å². The van der Waals surface area contributed by atoms with Crippen LogP contribution in [0.2, 0.25) is 0 Å². The average Bonchev–Trinajstić information content (AvgIpc) is 1.84. The minimum Gasteiger partial charge on any atom is -0.481 e. The molecule has 0 aliphatic rings. The summed E-state index contributed by atoms with van der Waals surface area (Å²) in [5.41, 5.74) is 0. The number of aliphatic carboxylic acids is 1. The second kappa shape index (κ2) is 3.94. The molecule has 1 N–H and O–H groups in total. The predicted octanol–water partition coefficient (Wildman–Crippen LogP) is 0.0611. The average molecular weight is 157 g/mol. The maximum atomic E-state index is 10.2. The van der Waals surface area contributed by atoms with E-state index in [2.05, 4.69) is 0 Å². The zero-order valence-electron chi connectivity index (χ0n) is 6.87.